The van der Waals surface area contributed by atoms with Crippen molar-refractivity contribution in [1.82, 2.24) is 0 Å². The fraction of sp³-hybridized carbons (Fsp3) is 0. The summed E-state index contributed by atoms with van der Waals surface area (Å²) in [4.78, 5) is 0. The Kier molecular flexibility index (Phi) is 4.36. The molecule has 0 saturated carbocycles. The third-order valence-electron chi connectivity index (χ3n) is 3.42. The Balaban J connectivity index is 2.24. The molecule has 0 bridgehead atoms. The molecule has 0 atom stereocenters. The Morgan fingerprint density at radius 2 is 1.18 bits per heavy atom. The lowest BCUT2D eigenvalue weighted by Crippen LogP contribution is -1.92. The molecule has 108 valence electrons. The summed E-state index contributed by atoms with van der Waals surface area (Å²) < 4.78 is 15.1. The van der Waals surface area contributed by atoms with E-state index in [0.29, 0.717) is 16.2 Å². The van der Waals surface area contributed by atoms with Crippen LogP contribution in [0, 0.1) is 0 Å². The molecule has 0 aliphatic heterocycles. The van der Waals surface area contributed by atoms with Crippen molar-refractivity contribution >= 4 is 23.0 Å². The first kappa shape index (κ1) is 14.6. The van der Waals surface area contributed by atoms with E-state index in [1.54, 1.807) is 24.3 Å². The second-order valence-electron chi connectivity index (χ2n) is 4.93. The van der Waals surface area contributed by atoms with E-state index in [1.165, 1.54) is 0 Å². The van der Waals surface area contributed by atoms with Crippen LogP contribution in [-0.4, -0.2) is 0 Å². The normalized spacial score (nSPS) is 11.9. The van der Waals surface area contributed by atoms with E-state index in [9.17, 15) is 0 Å². The van der Waals surface area contributed by atoms with Gasteiger partial charge in [-0.3, -0.25) is 0 Å². The topological polar surface area (TPSA) is 0 Å². The SMILES string of the molecule is F/C(=C(/c1ccccc1)c1cccc(Cl)c1)c1ccccc1. The average molecular weight is 309 g/mol. The molecule has 22 heavy (non-hydrogen) atoms. The molecule has 0 saturated heterocycles. The van der Waals surface area contributed by atoms with Crippen LogP contribution in [0.5, 0.6) is 0 Å². The molecule has 3 rings (SSSR count). The van der Waals surface area contributed by atoms with Crippen molar-refractivity contribution in [3.8, 4) is 0 Å². The summed E-state index contributed by atoms with van der Waals surface area (Å²) in [6.07, 6.45) is 0. The minimum absolute atomic E-state index is 0.255. The molecule has 0 radical (unpaired) electrons. The maximum absolute atomic E-state index is 15.1. The van der Waals surface area contributed by atoms with Crippen LogP contribution in [0.15, 0.2) is 84.9 Å². The Bertz CT molecular complexity index is 792. The molecule has 0 aliphatic rings. The van der Waals surface area contributed by atoms with Crippen LogP contribution in [0.4, 0.5) is 4.39 Å². The molecule has 0 heterocycles. The first-order valence-corrected chi connectivity index (χ1v) is 7.40. The summed E-state index contributed by atoms with van der Waals surface area (Å²) in [5.41, 5.74) is 2.70. The highest BCUT2D eigenvalue weighted by Crippen LogP contribution is 2.33. The van der Waals surface area contributed by atoms with Crippen molar-refractivity contribution in [2.24, 2.45) is 0 Å². The molecule has 0 nitrogen and oxygen atoms in total. The smallest absolute Gasteiger partial charge is 0.138 e. The van der Waals surface area contributed by atoms with Gasteiger partial charge in [0, 0.05) is 16.2 Å². The second-order valence-corrected chi connectivity index (χ2v) is 5.37. The molecule has 0 fully saturated rings. The molecule has 0 aliphatic carbocycles. The van der Waals surface area contributed by atoms with Crippen LogP contribution >= 0.6 is 11.6 Å². The number of halogens is 2. The summed E-state index contributed by atoms with van der Waals surface area (Å²) in [5, 5.41) is 0.590. The van der Waals surface area contributed by atoms with Gasteiger partial charge in [-0.05, 0) is 23.3 Å². The number of benzene rings is 3. The molecular formula is C20H14ClF. The van der Waals surface area contributed by atoms with Gasteiger partial charge >= 0.3 is 0 Å². The number of hydrogen-bond donors (Lipinski definition) is 0. The third kappa shape index (κ3) is 3.10. The summed E-state index contributed by atoms with van der Waals surface area (Å²) in [6.45, 7) is 0. The lowest BCUT2D eigenvalue weighted by Gasteiger charge is -2.11. The van der Waals surface area contributed by atoms with Crippen molar-refractivity contribution < 1.29 is 4.39 Å². The van der Waals surface area contributed by atoms with Crippen LogP contribution in [0.1, 0.15) is 16.7 Å². The predicted octanol–water partition coefficient (Wildman–Crippen LogP) is 6.23. The lowest BCUT2D eigenvalue weighted by molar-refractivity contribution is 0.762. The van der Waals surface area contributed by atoms with Gasteiger partial charge in [0.1, 0.15) is 5.83 Å². The van der Waals surface area contributed by atoms with Gasteiger partial charge in [0.25, 0.3) is 0 Å². The van der Waals surface area contributed by atoms with E-state index >= 15 is 4.39 Å². The van der Waals surface area contributed by atoms with Gasteiger partial charge < -0.3 is 0 Å². The standard InChI is InChI=1S/C20H14ClF/c21-18-13-7-12-17(14-18)19(15-8-3-1-4-9-15)20(22)16-10-5-2-6-11-16/h1-14H/b20-19-. The van der Waals surface area contributed by atoms with Crippen LogP contribution in [0.25, 0.3) is 11.4 Å². The van der Waals surface area contributed by atoms with Crippen molar-refractivity contribution in [2.75, 3.05) is 0 Å². The highest BCUT2D eigenvalue weighted by molar-refractivity contribution is 6.30. The molecule has 0 spiro atoms. The fourth-order valence-electron chi connectivity index (χ4n) is 2.40. The predicted molar refractivity (Wildman–Crippen MR) is 91.4 cm³/mol. The lowest BCUT2D eigenvalue weighted by atomic mass is 9.95. The van der Waals surface area contributed by atoms with Crippen molar-refractivity contribution in [3.63, 3.8) is 0 Å². The average Bonchev–Trinajstić information content (AvgIpc) is 2.57. The van der Waals surface area contributed by atoms with Crippen LogP contribution < -0.4 is 0 Å². The van der Waals surface area contributed by atoms with E-state index in [2.05, 4.69) is 0 Å². The van der Waals surface area contributed by atoms with E-state index in [0.717, 1.165) is 11.1 Å². The molecule has 3 aromatic carbocycles. The van der Waals surface area contributed by atoms with Gasteiger partial charge in [0.15, 0.2) is 0 Å². The van der Waals surface area contributed by atoms with Gasteiger partial charge in [0.05, 0.1) is 0 Å². The fourth-order valence-corrected chi connectivity index (χ4v) is 2.59. The largest absolute Gasteiger partial charge is 0.206 e. The molecule has 3 aromatic rings. The maximum atomic E-state index is 15.1. The van der Waals surface area contributed by atoms with E-state index in [1.807, 2.05) is 60.7 Å². The first-order valence-electron chi connectivity index (χ1n) is 7.02. The Hall–Kier alpha value is -2.38. The minimum atomic E-state index is -0.255. The molecule has 0 unspecified atom stereocenters. The number of hydrogen-bond acceptors (Lipinski definition) is 0. The zero-order valence-electron chi connectivity index (χ0n) is 11.8. The van der Waals surface area contributed by atoms with Crippen LogP contribution in [-0.2, 0) is 0 Å². The van der Waals surface area contributed by atoms with Crippen molar-refractivity contribution in [2.45, 2.75) is 0 Å². The minimum Gasteiger partial charge on any atom is -0.206 e. The van der Waals surface area contributed by atoms with E-state index < -0.39 is 0 Å². The van der Waals surface area contributed by atoms with Crippen molar-refractivity contribution in [1.29, 1.82) is 0 Å². The zero-order valence-corrected chi connectivity index (χ0v) is 12.6. The van der Waals surface area contributed by atoms with Crippen LogP contribution in [0.3, 0.4) is 0 Å². The molecule has 2 heteroatoms. The summed E-state index contributed by atoms with van der Waals surface area (Å²) >= 11 is 6.08. The Morgan fingerprint density at radius 3 is 1.77 bits per heavy atom. The summed E-state index contributed by atoms with van der Waals surface area (Å²) in [6, 6.07) is 25.9. The highest BCUT2D eigenvalue weighted by Gasteiger charge is 2.13. The van der Waals surface area contributed by atoms with Crippen LogP contribution in [0.2, 0.25) is 5.02 Å². The van der Waals surface area contributed by atoms with E-state index in [-0.39, 0.29) is 5.83 Å². The molecule has 0 N–H and O–H groups in total. The molecular weight excluding hydrogens is 295 g/mol. The zero-order chi connectivity index (χ0) is 15.4. The van der Waals surface area contributed by atoms with Gasteiger partial charge in [-0.15, -0.1) is 0 Å². The second kappa shape index (κ2) is 6.59. The third-order valence-corrected chi connectivity index (χ3v) is 3.66. The monoisotopic (exact) mass is 308 g/mol. The van der Waals surface area contributed by atoms with E-state index in [4.69, 9.17) is 11.6 Å². The first-order chi connectivity index (χ1) is 10.8. The maximum Gasteiger partial charge on any atom is 0.138 e. The summed E-state index contributed by atoms with van der Waals surface area (Å²) in [7, 11) is 0. The molecule has 0 amide bonds. The number of rotatable bonds is 3. The Morgan fingerprint density at radius 1 is 0.636 bits per heavy atom. The quantitative estimate of drug-likeness (QED) is 0.503. The van der Waals surface area contributed by atoms with Crippen molar-refractivity contribution in [3.05, 3.63) is 107 Å². The van der Waals surface area contributed by atoms with Gasteiger partial charge in [0.2, 0.25) is 0 Å². The van der Waals surface area contributed by atoms with Gasteiger partial charge in [-0.1, -0.05) is 84.4 Å². The molecule has 0 aromatic heterocycles. The van der Waals surface area contributed by atoms with Gasteiger partial charge in [-0.25, -0.2) is 4.39 Å². The Labute approximate surface area is 134 Å². The van der Waals surface area contributed by atoms with Gasteiger partial charge in [-0.2, -0.15) is 0 Å². The summed E-state index contributed by atoms with van der Waals surface area (Å²) in [5.74, 6) is -0.255. The highest BCUT2D eigenvalue weighted by atomic mass is 35.5.